The molecule has 3 nitrogen and oxygen atoms in total. The van der Waals surface area contributed by atoms with Crippen molar-refractivity contribution in [2.75, 3.05) is 13.2 Å². The third-order valence-corrected chi connectivity index (χ3v) is 3.10. The van der Waals surface area contributed by atoms with Crippen LogP contribution in [0.1, 0.15) is 54.9 Å². The van der Waals surface area contributed by atoms with Crippen LogP contribution < -0.4 is 5.73 Å². The monoisotopic (exact) mass is 263 g/mol. The molecule has 0 saturated heterocycles. The minimum absolute atomic E-state index is 0.227. The Kier molecular flexibility index (Phi) is 7.91. The first kappa shape index (κ1) is 15.7. The summed E-state index contributed by atoms with van der Waals surface area (Å²) in [6.45, 7) is 3.34. The van der Waals surface area contributed by atoms with Crippen molar-refractivity contribution in [3.63, 3.8) is 0 Å². The summed E-state index contributed by atoms with van der Waals surface area (Å²) in [5, 5.41) is 0. The van der Waals surface area contributed by atoms with Crippen LogP contribution in [0.25, 0.3) is 0 Å². The lowest BCUT2D eigenvalue weighted by atomic mass is 10.1. The molecule has 0 aromatic heterocycles. The maximum Gasteiger partial charge on any atom is 0.338 e. The van der Waals surface area contributed by atoms with E-state index in [1.165, 1.54) is 19.3 Å². The SMILES string of the molecule is CCCCCCCOC(=O)c1ccc(CCN)cc1. The van der Waals surface area contributed by atoms with Crippen LogP contribution in [0.15, 0.2) is 24.3 Å². The topological polar surface area (TPSA) is 52.3 Å². The summed E-state index contributed by atoms with van der Waals surface area (Å²) in [5.74, 6) is -0.227. The molecule has 0 heterocycles. The van der Waals surface area contributed by atoms with Crippen LogP contribution in [0.3, 0.4) is 0 Å². The van der Waals surface area contributed by atoms with Crippen LogP contribution in [0.5, 0.6) is 0 Å². The smallest absolute Gasteiger partial charge is 0.338 e. The van der Waals surface area contributed by atoms with E-state index >= 15 is 0 Å². The highest BCUT2D eigenvalue weighted by Gasteiger charge is 2.06. The average Bonchev–Trinajstić information content (AvgIpc) is 2.43. The molecule has 3 heteroatoms. The summed E-state index contributed by atoms with van der Waals surface area (Å²) in [7, 11) is 0. The molecule has 0 radical (unpaired) electrons. The molecule has 0 spiro atoms. The van der Waals surface area contributed by atoms with Crippen LogP contribution in [0.4, 0.5) is 0 Å². The lowest BCUT2D eigenvalue weighted by Gasteiger charge is -2.05. The van der Waals surface area contributed by atoms with Crippen molar-refractivity contribution in [1.29, 1.82) is 0 Å². The number of unbranched alkanes of at least 4 members (excludes halogenated alkanes) is 4. The number of ether oxygens (including phenoxy) is 1. The zero-order valence-corrected chi connectivity index (χ0v) is 11.9. The summed E-state index contributed by atoms with van der Waals surface area (Å²) in [5.41, 5.74) is 7.25. The number of carbonyl (C=O) groups is 1. The molecule has 0 atom stereocenters. The molecule has 106 valence electrons. The summed E-state index contributed by atoms with van der Waals surface area (Å²) in [6.07, 6.45) is 6.65. The first-order chi connectivity index (χ1) is 9.27. The molecular weight excluding hydrogens is 238 g/mol. The number of hydrogen-bond acceptors (Lipinski definition) is 3. The first-order valence-electron chi connectivity index (χ1n) is 7.24. The molecule has 1 rings (SSSR count). The molecule has 0 aliphatic carbocycles. The van der Waals surface area contributed by atoms with Gasteiger partial charge in [-0.2, -0.15) is 0 Å². The van der Waals surface area contributed by atoms with E-state index in [0.717, 1.165) is 24.8 Å². The van der Waals surface area contributed by atoms with Gasteiger partial charge in [0.05, 0.1) is 12.2 Å². The van der Waals surface area contributed by atoms with E-state index in [1.807, 2.05) is 24.3 Å². The Morgan fingerprint density at radius 3 is 2.42 bits per heavy atom. The van der Waals surface area contributed by atoms with E-state index < -0.39 is 0 Å². The molecular formula is C16H25NO2. The number of rotatable bonds is 9. The van der Waals surface area contributed by atoms with Crippen molar-refractivity contribution in [2.24, 2.45) is 5.73 Å². The second-order valence-electron chi connectivity index (χ2n) is 4.79. The van der Waals surface area contributed by atoms with E-state index in [2.05, 4.69) is 6.92 Å². The lowest BCUT2D eigenvalue weighted by molar-refractivity contribution is 0.0497. The third kappa shape index (κ3) is 6.39. The number of benzene rings is 1. The van der Waals surface area contributed by atoms with Gasteiger partial charge in [0.25, 0.3) is 0 Å². The Morgan fingerprint density at radius 1 is 1.11 bits per heavy atom. The van der Waals surface area contributed by atoms with Gasteiger partial charge >= 0.3 is 5.97 Å². The minimum Gasteiger partial charge on any atom is -0.462 e. The number of carbonyl (C=O) groups excluding carboxylic acids is 1. The number of nitrogens with two attached hydrogens (primary N) is 1. The van der Waals surface area contributed by atoms with Crippen molar-refractivity contribution in [3.05, 3.63) is 35.4 Å². The Bertz CT molecular complexity index is 360. The van der Waals surface area contributed by atoms with Crippen molar-refractivity contribution in [1.82, 2.24) is 0 Å². The van der Waals surface area contributed by atoms with Gasteiger partial charge in [0.1, 0.15) is 0 Å². The molecule has 1 aromatic carbocycles. The van der Waals surface area contributed by atoms with Gasteiger partial charge in [-0.05, 0) is 37.1 Å². The highest BCUT2D eigenvalue weighted by molar-refractivity contribution is 5.89. The fourth-order valence-electron chi connectivity index (χ4n) is 1.93. The van der Waals surface area contributed by atoms with Crippen LogP contribution in [0, 0.1) is 0 Å². The van der Waals surface area contributed by atoms with Gasteiger partial charge < -0.3 is 10.5 Å². The fraction of sp³-hybridized carbons (Fsp3) is 0.562. The van der Waals surface area contributed by atoms with Crippen molar-refractivity contribution >= 4 is 5.97 Å². The summed E-state index contributed by atoms with van der Waals surface area (Å²) in [4.78, 5) is 11.8. The predicted octanol–water partition coefficient (Wildman–Crippen LogP) is 3.32. The van der Waals surface area contributed by atoms with Crippen molar-refractivity contribution < 1.29 is 9.53 Å². The van der Waals surface area contributed by atoms with Crippen LogP contribution in [-0.2, 0) is 11.2 Å². The van der Waals surface area contributed by atoms with Gasteiger partial charge in [-0.1, -0.05) is 44.7 Å². The van der Waals surface area contributed by atoms with Gasteiger partial charge in [-0.25, -0.2) is 4.79 Å². The van der Waals surface area contributed by atoms with Gasteiger partial charge in [0.15, 0.2) is 0 Å². The van der Waals surface area contributed by atoms with Crippen LogP contribution >= 0.6 is 0 Å². The Morgan fingerprint density at radius 2 is 1.79 bits per heavy atom. The molecule has 1 aromatic rings. The third-order valence-electron chi connectivity index (χ3n) is 3.10. The van der Waals surface area contributed by atoms with Gasteiger partial charge in [-0.15, -0.1) is 0 Å². The summed E-state index contributed by atoms with van der Waals surface area (Å²) in [6, 6.07) is 7.49. The zero-order chi connectivity index (χ0) is 13.9. The second kappa shape index (κ2) is 9.56. The summed E-state index contributed by atoms with van der Waals surface area (Å²) >= 11 is 0. The Balaban J connectivity index is 2.25. The Labute approximate surface area is 116 Å². The molecule has 2 N–H and O–H groups in total. The highest BCUT2D eigenvalue weighted by atomic mass is 16.5. The molecule has 0 aliphatic heterocycles. The lowest BCUT2D eigenvalue weighted by Crippen LogP contribution is -2.07. The van der Waals surface area contributed by atoms with E-state index in [9.17, 15) is 4.79 Å². The van der Waals surface area contributed by atoms with E-state index in [1.54, 1.807) is 0 Å². The molecule has 0 fully saturated rings. The maximum absolute atomic E-state index is 11.8. The summed E-state index contributed by atoms with van der Waals surface area (Å²) < 4.78 is 5.24. The molecule has 0 saturated carbocycles. The second-order valence-corrected chi connectivity index (χ2v) is 4.79. The zero-order valence-electron chi connectivity index (χ0n) is 11.9. The van der Waals surface area contributed by atoms with Gasteiger partial charge in [0, 0.05) is 0 Å². The molecule has 0 aliphatic rings. The standard InChI is InChI=1S/C16H25NO2/c1-2-3-4-5-6-13-19-16(18)15-9-7-14(8-10-15)11-12-17/h7-10H,2-6,11-13,17H2,1H3. The van der Waals surface area contributed by atoms with E-state index in [4.69, 9.17) is 10.5 Å². The molecule has 0 unspecified atom stereocenters. The predicted molar refractivity (Wildman–Crippen MR) is 78.2 cm³/mol. The molecule has 19 heavy (non-hydrogen) atoms. The number of esters is 1. The average molecular weight is 263 g/mol. The number of hydrogen-bond donors (Lipinski definition) is 1. The van der Waals surface area contributed by atoms with Crippen LogP contribution in [0.2, 0.25) is 0 Å². The molecule has 0 bridgehead atoms. The van der Waals surface area contributed by atoms with E-state index in [0.29, 0.717) is 18.7 Å². The fourth-order valence-corrected chi connectivity index (χ4v) is 1.93. The normalized spacial score (nSPS) is 10.4. The minimum atomic E-state index is -0.227. The van der Waals surface area contributed by atoms with Gasteiger partial charge in [0.2, 0.25) is 0 Å². The Hall–Kier alpha value is -1.35. The van der Waals surface area contributed by atoms with Crippen LogP contribution in [-0.4, -0.2) is 19.1 Å². The van der Waals surface area contributed by atoms with Crippen molar-refractivity contribution in [3.8, 4) is 0 Å². The quantitative estimate of drug-likeness (QED) is 0.549. The van der Waals surface area contributed by atoms with E-state index in [-0.39, 0.29) is 5.97 Å². The first-order valence-corrected chi connectivity index (χ1v) is 7.24. The largest absolute Gasteiger partial charge is 0.462 e. The maximum atomic E-state index is 11.8. The van der Waals surface area contributed by atoms with Crippen molar-refractivity contribution in [2.45, 2.75) is 45.4 Å². The highest BCUT2D eigenvalue weighted by Crippen LogP contribution is 2.08. The molecule has 0 amide bonds. The van der Waals surface area contributed by atoms with Gasteiger partial charge in [-0.3, -0.25) is 0 Å².